The van der Waals surface area contributed by atoms with Gasteiger partial charge in [-0.1, -0.05) is 0 Å². The average molecular weight is 155 g/mol. The fourth-order valence-corrected chi connectivity index (χ4v) is 0.470. The summed E-state index contributed by atoms with van der Waals surface area (Å²) in [6.07, 6.45) is 0. The molecule has 1 N–H and O–H groups in total. The minimum absolute atomic E-state index is 0. The Morgan fingerprint density at radius 1 is 1.75 bits per heavy atom. The van der Waals surface area contributed by atoms with Crippen LogP contribution in [0.3, 0.4) is 0 Å². The van der Waals surface area contributed by atoms with Crippen LogP contribution in [0.2, 0.25) is 0 Å². The summed E-state index contributed by atoms with van der Waals surface area (Å²) in [6.45, 7) is 1.73. The summed E-state index contributed by atoms with van der Waals surface area (Å²) in [7, 11) is 0. The van der Waals surface area contributed by atoms with Gasteiger partial charge in [0.1, 0.15) is 0 Å². The molecule has 5 heteroatoms. The summed E-state index contributed by atoms with van der Waals surface area (Å²) in [4.78, 5) is 0.331. The second-order valence-corrected chi connectivity index (χ2v) is 1.50. The Morgan fingerprint density at radius 3 is 2.50 bits per heavy atom. The maximum atomic E-state index is 4.73. The van der Waals surface area contributed by atoms with Gasteiger partial charge in [-0.15, -0.1) is 5.10 Å². The van der Waals surface area contributed by atoms with Crippen molar-refractivity contribution in [3.05, 3.63) is 10.7 Å². The number of hydrogen-bond acceptors (Lipinski definition) is 3. The number of hydrogen-bond donors (Lipinski definition) is 1. The van der Waals surface area contributed by atoms with E-state index in [0.29, 0.717) is 10.7 Å². The van der Waals surface area contributed by atoms with Gasteiger partial charge in [0.05, 0.1) is 0 Å². The summed E-state index contributed by atoms with van der Waals surface area (Å²) in [5.74, 6) is 0.574. The molecule has 0 aliphatic rings. The first-order chi connectivity index (χ1) is 3.29. The predicted molar refractivity (Wildman–Crippen MR) is 32.2 cm³/mol. The third-order valence-corrected chi connectivity index (χ3v) is 0.720. The van der Waals surface area contributed by atoms with Gasteiger partial charge >= 0.3 is 0 Å². The van der Waals surface area contributed by atoms with Crippen LogP contribution in [-0.4, -0.2) is 61.6 Å². The molecule has 3 nitrogen and oxygen atoms in total. The molecule has 0 saturated heterocycles. The summed E-state index contributed by atoms with van der Waals surface area (Å²) < 4.78 is 4.73. The summed E-state index contributed by atoms with van der Waals surface area (Å²) in [5, 5.41) is 6.09. The van der Waals surface area contributed by atoms with E-state index >= 15 is 0 Å². The minimum atomic E-state index is 0. The fraction of sp³-hybridized carbons (Fsp3) is 0.333. The van der Waals surface area contributed by atoms with Crippen LogP contribution < -0.4 is 0 Å². The smallest absolute Gasteiger partial charge is 0.284 e. The van der Waals surface area contributed by atoms with E-state index in [1.54, 1.807) is 6.92 Å². The van der Waals surface area contributed by atoms with Gasteiger partial charge in [-0.25, -0.2) is 5.10 Å². The van der Waals surface area contributed by atoms with Gasteiger partial charge < -0.3 is 4.42 Å². The SMILES string of the molecule is Cc1n[nH]c(=S)o1.[K]. The van der Waals surface area contributed by atoms with E-state index in [4.69, 9.17) is 4.42 Å². The summed E-state index contributed by atoms with van der Waals surface area (Å²) >= 11 is 4.55. The van der Waals surface area contributed by atoms with Crippen molar-refractivity contribution < 1.29 is 4.42 Å². The molecule has 1 heterocycles. The number of aryl methyl sites for hydroxylation is 1. The Labute approximate surface area is 94.3 Å². The van der Waals surface area contributed by atoms with Crippen LogP contribution in [-0.2, 0) is 0 Å². The van der Waals surface area contributed by atoms with Crippen LogP contribution >= 0.6 is 12.2 Å². The van der Waals surface area contributed by atoms with E-state index in [-0.39, 0.29) is 51.4 Å². The first kappa shape index (κ1) is 9.00. The zero-order chi connectivity index (χ0) is 5.28. The number of H-pyrrole nitrogens is 1. The number of aromatic nitrogens is 2. The van der Waals surface area contributed by atoms with E-state index in [9.17, 15) is 0 Å². The predicted octanol–water partition coefficient (Wildman–Crippen LogP) is 0.660. The molecule has 0 atom stereocenters. The summed E-state index contributed by atoms with van der Waals surface area (Å²) in [5.41, 5.74) is 0. The molecule has 0 aliphatic heterocycles. The molecule has 1 aromatic rings. The molecule has 0 aromatic carbocycles. The first-order valence-electron chi connectivity index (χ1n) is 1.81. The molecule has 1 aromatic heterocycles. The number of aromatic amines is 1. The first-order valence-corrected chi connectivity index (χ1v) is 2.22. The van der Waals surface area contributed by atoms with E-state index in [1.807, 2.05) is 0 Å². The third kappa shape index (κ3) is 2.52. The van der Waals surface area contributed by atoms with E-state index in [2.05, 4.69) is 22.4 Å². The molecule has 39 valence electrons. The maximum Gasteiger partial charge on any atom is 0.284 e. The molecule has 1 rings (SSSR count). The Bertz CT molecular complexity index is 205. The van der Waals surface area contributed by atoms with Gasteiger partial charge in [0.25, 0.3) is 4.84 Å². The molecule has 0 aliphatic carbocycles. The molecule has 0 unspecified atom stereocenters. The van der Waals surface area contributed by atoms with Crippen molar-refractivity contribution in [2.75, 3.05) is 0 Å². The van der Waals surface area contributed by atoms with Crippen LogP contribution in [0.1, 0.15) is 5.89 Å². The van der Waals surface area contributed by atoms with Crippen molar-refractivity contribution in [1.29, 1.82) is 0 Å². The van der Waals surface area contributed by atoms with Crippen molar-refractivity contribution in [3.8, 4) is 0 Å². The van der Waals surface area contributed by atoms with Crippen molar-refractivity contribution in [2.24, 2.45) is 0 Å². The van der Waals surface area contributed by atoms with Crippen LogP contribution in [0, 0.1) is 11.8 Å². The van der Waals surface area contributed by atoms with Gasteiger partial charge in [0.15, 0.2) is 0 Å². The Kier molecular flexibility index (Phi) is 4.40. The topological polar surface area (TPSA) is 41.8 Å². The van der Waals surface area contributed by atoms with Crippen LogP contribution in [0.15, 0.2) is 4.42 Å². The zero-order valence-electron chi connectivity index (χ0n) is 4.76. The van der Waals surface area contributed by atoms with Gasteiger partial charge in [-0.3, -0.25) is 0 Å². The van der Waals surface area contributed by atoms with Crippen molar-refractivity contribution in [1.82, 2.24) is 10.2 Å². The molecule has 1 radical (unpaired) electrons. The maximum absolute atomic E-state index is 4.73. The molecule has 0 fully saturated rings. The molecule has 0 bridgehead atoms. The molecule has 0 spiro atoms. The van der Waals surface area contributed by atoms with Gasteiger partial charge in [-0.05, 0) is 12.2 Å². The Balaban J connectivity index is 0.000000490. The minimum Gasteiger partial charge on any atom is -0.414 e. The van der Waals surface area contributed by atoms with Crippen LogP contribution in [0.25, 0.3) is 0 Å². The second-order valence-electron chi connectivity index (χ2n) is 1.13. The quantitative estimate of drug-likeness (QED) is 0.442. The zero-order valence-corrected chi connectivity index (χ0v) is 8.70. The van der Waals surface area contributed by atoms with Crippen molar-refractivity contribution >= 4 is 63.6 Å². The fourth-order valence-electron chi connectivity index (χ4n) is 0.304. The second kappa shape index (κ2) is 3.92. The Morgan fingerprint density at radius 2 is 2.38 bits per heavy atom. The molecule has 0 amide bonds. The third-order valence-electron chi connectivity index (χ3n) is 0.545. The van der Waals surface area contributed by atoms with Crippen molar-refractivity contribution in [3.63, 3.8) is 0 Å². The molecule has 8 heavy (non-hydrogen) atoms. The summed E-state index contributed by atoms with van der Waals surface area (Å²) in [6, 6.07) is 0. The number of nitrogens with one attached hydrogen (secondary N) is 1. The monoisotopic (exact) mass is 155 g/mol. The average Bonchev–Trinajstić information content (AvgIpc) is 1.87. The Hall–Kier alpha value is 0.996. The van der Waals surface area contributed by atoms with Crippen molar-refractivity contribution in [2.45, 2.75) is 6.92 Å². The van der Waals surface area contributed by atoms with Crippen LogP contribution in [0.4, 0.5) is 0 Å². The van der Waals surface area contributed by atoms with Gasteiger partial charge in [-0.2, -0.15) is 0 Å². The van der Waals surface area contributed by atoms with E-state index < -0.39 is 0 Å². The van der Waals surface area contributed by atoms with E-state index in [1.165, 1.54) is 0 Å². The molecular weight excluding hydrogens is 151 g/mol. The molecular formula is C3H4KN2OS. The molecule has 0 saturated carbocycles. The number of rotatable bonds is 0. The standard InChI is InChI=1S/C3H4N2OS.K/c1-2-4-5-3(7)6-2;/h1H3,(H,5,7);. The van der Waals surface area contributed by atoms with Crippen LogP contribution in [0.5, 0.6) is 0 Å². The van der Waals surface area contributed by atoms with Gasteiger partial charge in [0.2, 0.25) is 5.89 Å². The van der Waals surface area contributed by atoms with Gasteiger partial charge in [0, 0.05) is 58.3 Å². The normalized spacial score (nSPS) is 8.12. The number of nitrogens with zero attached hydrogens (tertiary/aromatic N) is 1. The van der Waals surface area contributed by atoms with E-state index in [0.717, 1.165) is 0 Å². The largest absolute Gasteiger partial charge is 0.414 e.